The van der Waals surface area contributed by atoms with Gasteiger partial charge in [-0.15, -0.1) is 0 Å². The number of thioether (sulfide) groups is 1. The van der Waals surface area contributed by atoms with Gasteiger partial charge in [-0.1, -0.05) is 31.9 Å². The van der Waals surface area contributed by atoms with Crippen molar-refractivity contribution in [3.8, 4) is 0 Å². The van der Waals surface area contributed by atoms with E-state index < -0.39 is 0 Å². The first-order valence-electron chi connectivity index (χ1n) is 5.66. The Hall–Kier alpha value is 0.330. The second-order valence-corrected chi connectivity index (χ2v) is 6.61. The van der Waals surface area contributed by atoms with Crippen molar-refractivity contribution in [3.63, 3.8) is 0 Å². The van der Waals surface area contributed by atoms with Crippen LogP contribution in [0.4, 0.5) is 5.69 Å². The van der Waals surface area contributed by atoms with E-state index >= 15 is 0 Å². The van der Waals surface area contributed by atoms with Gasteiger partial charge in [0.25, 0.3) is 0 Å². The number of nitrogens with zero attached hydrogens (tertiary/aromatic N) is 1. The van der Waals surface area contributed by atoms with Crippen molar-refractivity contribution in [2.45, 2.75) is 24.7 Å². The minimum Gasteiger partial charge on any atom is -0.372 e. The van der Waals surface area contributed by atoms with E-state index in [1.165, 1.54) is 23.4 Å². The number of hydrogen-bond acceptors (Lipinski definition) is 2. The van der Waals surface area contributed by atoms with Gasteiger partial charge >= 0.3 is 0 Å². The lowest BCUT2D eigenvalue weighted by Crippen LogP contribution is -2.30. The fraction of sp³-hybridized carbons (Fsp3) is 0.538. The van der Waals surface area contributed by atoms with Crippen LogP contribution in [0.2, 0.25) is 0 Å². The zero-order chi connectivity index (χ0) is 12.8. The second kappa shape index (κ2) is 7.70. The Balaban J connectivity index is 2.83. The molecule has 0 radical (unpaired) electrons. The van der Waals surface area contributed by atoms with E-state index in [4.69, 9.17) is 0 Å². The first-order chi connectivity index (χ1) is 8.10. The van der Waals surface area contributed by atoms with Crippen LogP contribution >= 0.6 is 43.6 Å². The van der Waals surface area contributed by atoms with Crippen molar-refractivity contribution in [1.29, 1.82) is 0 Å². The summed E-state index contributed by atoms with van der Waals surface area (Å²) in [4.78, 5) is 2.37. The van der Waals surface area contributed by atoms with Gasteiger partial charge in [-0.05, 0) is 49.1 Å². The summed E-state index contributed by atoms with van der Waals surface area (Å²) in [6, 6.07) is 7.05. The molecule has 0 aromatic heterocycles. The average molecular weight is 381 g/mol. The molecule has 17 heavy (non-hydrogen) atoms. The largest absolute Gasteiger partial charge is 0.372 e. The van der Waals surface area contributed by atoms with Gasteiger partial charge in [0.1, 0.15) is 0 Å². The third-order valence-corrected chi connectivity index (χ3v) is 4.71. The minimum absolute atomic E-state index is 0.571. The van der Waals surface area contributed by atoms with Crippen molar-refractivity contribution in [1.82, 2.24) is 0 Å². The topological polar surface area (TPSA) is 3.24 Å². The molecule has 0 bridgehead atoms. The van der Waals surface area contributed by atoms with E-state index in [0.717, 1.165) is 9.80 Å². The lowest BCUT2D eigenvalue weighted by molar-refractivity contribution is 0.668. The Kier molecular flexibility index (Phi) is 6.97. The fourth-order valence-corrected chi connectivity index (χ4v) is 3.16. The summed E-state index contributed by atoms with van der Waals surface area (Å²) in [5.74, 6) is 1.21. The van der Waals surface area contributed by atoms with E-state index in [9.17, 15) is 0 Å². The molecule has 1 aromatic carbocycles. The van der Waals surface area contributed by atoms with Crippen molar-refractivity contribution < 1.29 is 0 Å². The molecule has 1 atom stereocenters. The van der Waals surface area contributed by atoms with Gasteiger partial charge < -0.3 is 4.90 Å². The molecule has 0 aliphatic heterocycles. The maximum absolute atomic E-state index is 3.56. The van der Waals surface area contributed by atoms with Crippen LogP contribution in [-0.2, 0) is 5.33 Å². The van der Waals surface area contributed by atoms with Crippen LogP contribution in [0, 0.1) is 0 Å². The maximum Gasteiger partial charge on any atom is 0.0407 e. The smallest absolute Gasteiger partial charge is 0.0407 e. The van der Waals surface area contributed by atoms with Crippen LogP contribution in [0.25, 0.3) is 0 Å². The third-order valence-electron chi connectivity index (χ3n) is 2.97. The molecule has 1 unspecified atom stereocenters. The fourth-order valence-electron chi connectivity index (χ4n) is 1.72. The number of anilines is 1. The summed E-state index contributed by atoms with van der Waals surface area (Å²) in [5.41, 5.74) is 2.65. The Morgan fingerprint density at radius 3 is 2.71 bits per heavy atom. The molecule has 1 nitrogen and oxygen atoms in total. The summed E-state index contributed by atoms with van der Waals surface area (Å²) in [7, 11) is 2.18. The van der Waals surface area contributed by atoms with Crippen LogP contribution in [0.15, 0.2) is 22.7 Å². The molecule has 0 saturated heterocycles. The van der Waals surface area contributed by atoms with E-state index in [0.29, 0.717) is 6.04 Å². The van der Waals surface area contributed by atoms with Crippen molar-refractivity contribution in [3.05, 3.63) is 28.2 Å². The molecule has 0 amide bonds. The molecule has 0 N–H and O–H groups in total. The predicted molar refractivity (Wildman–Crippen MR) is 87.6 cm³/mol. The zero-order valence-corrected chi connectivity index (χ0v) is 14.5. The van der Waals surface area contributed by atoms with Crippen LogP contribution < -0.4 is 4.90 Å². The Morgan fingerprint density at radius 2 is 2.12 bits per heavy atom. The molecule has 0 heterocycles. The SMILES string of the molecule is CSCCC(C)N(C)c1ccc(Br)cc1CBr. The first kappa shape index (κ1) is 15.4. The monoisotopic (exact) mass is 379 g/mol. The lowest BCUT2D eigenvalue weighted by atomic mass is 10.1. The highest BCUT2D eigenvalue weighted by Crippen LogP contribution is 2.27. The van der Waals surface area contributed by atoms with E-state index in [1.54, 1.807) is 0 Å². The Morgan fingerprint density at radius 1 is 1.41 bits per heavy atom. The summed E-state index contributed by atoms with van der Waals surface area (Å²) in [6.45, 7) is 2.29. The van der Waals surface area contributed by atoms with Crippen LogP contribution in [0.5, 0.6) is 0 Å². The second-order valence-electron chi connectivity index (χ2n) is 4.15. The quantitative estimate of drug-likeness (QED) is 0.644. The Bertz CT molecular complexity index is 357. The molecule has 0 spiro atoms. The average Bonchev–Trinajstić information content (AvgIpc) is 2.34. The highest BCUT2D eigenvalue weighted by Gasteiger charge is 2.13. The number of rotatable bonds is 6. The van der Waals surface area contributed by atoms with Gasteiger partial charge in [-0.2, -0.15) is 11.8 Å². The van der Waals surface area contributed by atoms with Gasteiger partial charge in [-0.3, -0.25) is 0 Å². The molecular formula is C13H19Br2NS. The standard InChI is InChI=1S/C13H19Br2NS/c1-10(6-7-17-3)16(2)13-5-4-12(15)8-11(13)9-14/h4-5,8,10H,6-7,9H2,1-3H3. The van der Waals surface area contributed by atoms with Crippen LogP contribution in [-0.4, -0.2) is 25.1 Å². The summed E-state index contributed by atoms with van der Waals surface area (Å²) >= 11 is 9.00. The highest BCUT2D eigenvalue weighted by molar-refractivity contribution is 9.10. The lowest BCUT2D eigenvalue weighted by Gasteiger charge is -2.29. The molecule has 0 saturated carbocycles. The Labute approximate surface area is 126 Å². The van der Waals surface area contributed by atoms with Gasteiger partial charge in [0.15, 0.2) is 0 Å². The maximum atomic E-state index is 3.56. The summed E-state index contributed by atoms with van der Waals surface area (Å²) < 4.78 is 1.14. The highest BCUT2D eigenvalue weighted by atomic mass is 79.9. The van der Waals surface area contributed by atoms with Gasteiger partial charge in [-0.25, -0.2) is 0 Å². The molecule has 1 rings (SSSR count). The molecular weight excluding hydrogens is 362 g/mol. The number of hydrogen-bond donors (Lipinski definition) is 0. The van der Waals surface area contributed by atoms with Gasteiger partial charge in [0.2, 0.25) is 0 Å². The van der Waals surface area contributed by atoms with E-state index in [1.807, 2.05) is 11.8 Å². The van der Waals surface area contributed by atoms with Gasteiger partial charge in [0.05, 0.1) is 0 Å². The molecule has 1 aromatic rings. The third kappa shape index (κ3) is 4.49. The van der Waals surface area contributed by atoms with E-state index in [2.05, 4.69) is 75.2 Å². The number of alkyl halides is 1. The summed E-state index contributed by atoms with van der Waals surface area (Å²) in [6.07, 6.45) is 3.38. The molecule has 0 aliphatic carbocycles. The summed E-state index contributed by atoms with van der Waals surface area (Å²) in [5, 5.41) is 0.890. The normalized spacial score (nSPS) is 12.5. The number of benzene rings is 1. The van der Waals surface area contributed by atoms with Crippen molar-refractivity contribution in [2.24, 2.45) is 0 Å². The van der Waals surface area contributed by atoms with E-state index in [-0.39, 0.29) is 0 Å². The first-order valence-corrected chi connectivity index (χ1v) is 8.97. The minimum atomic E-state index is 0.571. The zero-order valence-electron chi connectivity index (χ0n) is 10.5. The van der Waals surface area contributed by atoms with Crippen molar-refractivity contribution in [2.75, 3.05) is 24.0 Å². The molecule has 4 heteroatoms. The number of halogens is 2. The molecule has 0 fully saturated rings. The van der Waals surface area contributed by atoms with Crippen LogP contribution in [0.1, 0.15) is 18.9 Å². The van der Waals surface area contributed by atoms with Crippen molar-refractivity contribution >= 4 is 49.3 Å². The van der Waals surface area contributed by atoms with Gasteiger partial charge in [0, 0.05) is 28.6 Å². The molecule has 96 valence electrons. The predicted octanol–water partition coefficient (Wildman–Crippen LogP) is 4.92. The van der Waals surface area contributed by atoms with Crippen LogP contribution in [0.3, 0.4) is 0 Å². The molecule has 0 aliphatic rings.